The van der Waals surface area contributed by atoms with E-state index < -0.39 is 10.0 Å². The molecule has 0 amide bonds. The van der Waals surface area contributed by atoms with Crippen LogP contribution in [0.3, 0.4) is 0 Å². The van der Waals surface area contributed by atoms with Gasteiger partial charge in [0.15, 0.2) is 0 Å². The largest absolute Gasteiger partial charge is 0.243 e. The molecule has 4 rings (SSSR count). The number of rotatable bonds is 2. The van der Waals surface area contributed by atoms with Gasteiger partial charge in [-0.15, -0.1) is 0 Å². The second-order valence-corrected chi connectivity index (χ2v) is 8.22. The van der Waals surface area contributed by atoms with Crippen molar-refractivity contribution in [2.24, 2.45) is 0 Å². The minimum absolute atomic E-state index is 0.391. The van der Waals surface area contributed by atoms with Gasteiger partial charge >= 0.3 is 0 Å². The highest BCUT2D eigenvalue weighted by Crippen LogP contribution is 2.35. The molecule has 0 bridgehead atoms. The predicted octanol–water partition coefficient (Wildman–Crippen LogP) is 3.19. The third-order valence-electron chi connectivity index (χ3n) is 4.84. The summed E-state index contributed by atoms with van der Waals surface area (Å²) in [6.07, 6.45) is 3.42. The molecule has 0 atom stereocenters. The highest BCUT2D eigenvalue weighted by molar-refractivity contribution is 7.89. The summed E-state index contributed by atoms with van der Waals surface area (Å²) in [6, 6.07) is 11.4. The lowest BCUT2D eigenvalue weighted by molar-refractivity contribution is 0.431. The number of benzene rings is 2. The molecular formula is C18H19NO2S. The molecule has 0 aromatic heterocycles. The minimum atomic E-state index is -3.41. The van der Waals surface area contributed by atoms with E-state index in [2.05, 4.69) is 12.1 Å². The summed E-state index contributed by atoms with van der Waals surface area (Å²) in [5.41, 5.74) is 6.32. The second kappa shape index (κ2) is 4.93. The Labute approximate surface area is 131 Å². The molecule has 3 nitrogen and oxygen atoms in total. The molecule has 1 heterocycles. The first kappa shape index (κ1) is 14.0. The van der Waals surface area contributed by atoms with Gasteiger partial charge in [-0.1, -0.05) is 29.8 Å². The second-order valence-electron chi connectivity index (χ2n) is 6.28. The zero-order valence-electron chi connectivity index (χ0n) is 12.7. The van der Waals surface area contributed by atoms with Gasteiger partial charge in [0, 0.05) is 13.1 Å². The summed E-state index contributed by atoms with van der Waals surface area (Å²) in [7, 11) is -3.41. The van der Waals surface area contributed by atoms with Crippen LogP contribution in [0.2, 0.25) is 0 Å². The summed E-state index contributed by atoms with van der Waals surface area (Å²) in [5.74, 6) is 0. The molecule has 22 heavy (non-hydrogen) atoms. The first-order chi connectivity index (χ1) is 10.6. The molecule has 0 fully saturated rings. The van der Waals surface area contributed by atoms with Gasteiger partial charge < -0.3 is 0 Å². The molecule has 1 aliphatic carbocycles. The van der Waals surface area contributed by atoms with Crippen LogP contribution in [0.1, 0.15) is 34.2 Å². The summed E-state index contributed by atoms with van der Waals surface area (Å²) in [4.78, 5) is 0.391. The van der Waals surface area contributed by atoms with Crippen molar-refractivity contribution >= 4 is 10.0 Å². The Morgan fingerprint density at radius 1 is 0.864 bits per heavy atom. The van der Waals surface area contributed by atoms with E-state index in [-0.39, 0.29) is 0 Å². The molecule has 2 aromatic carbocycles. The lowest BCUT2D eigenvalue weighted by Gasteiger charge is -2.16. The Hall–Kier alpha value is -1.65. The molecule has 2 aliphatic rings. The monoisotopic (exact) mass is 313 g/mol. The summed E-state index contributed by atoms with van der Waals surface area (Å²) < 4.78 is 27.3. The van der Waals surface area contributed by atoms with Crippen molar-refractivity contribution in [2.75, 3.05) is 0 Å². The minimum Gasteiger partial charge on any atom is -0.207 e. The van der Waals surface area contributed by atoms with Crippen LogP contribution < -0.4 is 0 Å². The highest BCUT2D eigenvalue weighted by atomic mass is 32.2. The van der Waals surface area contributed by atoms with Crippen molar-refractivity contribution in [1.29, 1.82) is 0 Å². The summed E-state index contributed by atoms with van der Waals surface area (Å²) in [5, 5.41) is 0. The maximum Gasteiger partial charge on any atom is 0.243 e. The van der Waals surface area contributed by atoms with Crippen LogP contribution >= 0.6 is 0 Å². The Bertz CT molecular complexity index is 838. The van der Waals surface area contributed by atoms with Crippen molar-refractivity contribution in [3.8, 4) is 0 Å². The van der Waals surface area contributed by atoms with Gasteiger partial charge in [0.1, 0.15) is 0 Å². The molecule has 0 N–H and O–H groups in total. The van der Waals surface area contributed by atoms with Crippen LogP contribution in [0.15, 0.2) is 41.3 Å². The molecule has 114 valence electrons. The third kappa shape index (κ3) is 2.09. The van der Waals surface area contributed by atoms with Gasteiger partial charge in [0.25, 0.3) is 0 Å². The van der Waals surface area contributed by atoms with Gasteiger partial charge in [-0.2, -0.15) is 4.31 Å². The summed E-state index contributed by atoms with van der Waals surface area (Å²) >= 11 is 0. The van der Waals surface area contributed by atoms with Crippen LogP contribution in [-0.2, 0) is 36.0 Å². The molecule has 4 heteroatoms. The maximum absolute atomic E-state index is 12.8. The fourth-order valence-electron chi connectivity index (χ4n) is 3.59. The Balaban J connectivity index is 1.70. The topological polar surface area (TPSA) is 37.4 Å². The number of aryl methyl sites for hydroxylation is 2. The molecule has 0 unspecified atom stereocenters. The van der Waals surface area contributed by atoms with E-state index in [0.717, 1.165) is 18.4 Å². The van der Waals surface area contributed by atoms with Crippen molar-refractivity contribution < 1.29 is 8.42 Å². The number of hydrogen-bond donors (Lipinski definition) is 0. The van der Waals surface area contributed by atoms with Gasteiger partial charge in [-0.05, 0) is 60.6 Å². The van der Waals surface area contributed by atoms with Crippen LogP contribution in [0.4, 0.5) is 0 Å². The van der Waals surface area contributed by atoms with E-state index in [4.69, 9.17) is 0 Å². The molecule has 1 aliphatic heterocycles. The van der Waals surface area contributed by atoms with Crippen LogP contribution in [-0.4, -0.2) is 12.7 Å². The van der Waals surface area contributed by atoms with E-state index in [1.165, 1.54) is 28.7 Å². The van der Waals surface area contributed by atoms with Crippen LogP contribution in [0, 0.1) is 6.92 Å². The van der Waals surface area contributed by atoms with E-state index in [1.54, 1.807) is 16.4 Å². The van der Waals surface area contributed by atoms with Gasteiger partial charge in [0.2, 0.25) is 10.0 Å². The quantitative estimate of drug-likeness (QED) is 0.854. The van der Waals surface area contributed by atoms with Gasteiger partial charge in [0.05, 0.1) is 4.90 Å². The predicted molar refractivity (Wildman–Crippen MR) is 86.1 cm³/mol. The van der Waals surface area contributed by atoms with Crippen molar-refractivity contribution in [3.05, 3.63) is 64.2 Å². The number of sulfonamides is 1. The normalized spacial score (nSPS) is 17.5. The standard InChI is InChI=1S/C18H19NO2S/c1-13-5-9-16(10-6-13)22(20,21)19-11-15-8-7-14-3-2-4-17(14)18(15)12-19/h5-10H,2-4,11-12H2,1H3. The average molecular weight is 313 g/mol. The Morgan fingerprint density at radius 2 is 1.59 bits per heavy atom. The first-order valence-corrected chi connectivity index (χ1v) is 9.19. The average Bonchev–Trinajstić information content (AvgIpc) is 3.13. The molecule has 2 aromatic rings. The van der Waals surface area contributed by atoms with E-state index >= 15 is 0 Å². The zero-order valence-corrected chi connectivity index (χ0v) is 13.5. The molecule has 0 spiro atoms. The van der Waals surface area contributed by atoms with Gasteiger partial charge in [-0.3, -0.25) is 0 Å². The first-order valence-electron chi connectivity index (χ1n) is 7.75. The fourth-order valence-corrected chi connectivity index (χ4v) is 4.97. The van der Waals surface area contributed by atoms with Crippen molar-refractivity contribution in [1.82, 2.24) is 4.31 Å². The van der Waals surface area contributed by atoms with Gasteiger partial charge in [-0.25, -0.2) is 8.42 Å². The number of fused-ring (bicyclic) bond motifs is 3. The van der Waals surface area contributed by atoms with Crippen LogP contribution in [0.5, 0.6) is 0 Å². The van der Waals surface area contributed by atoms with E-state index in [0.29, 0.717) is 18.0 Å². The lowest BCUT2D eigenvalue weighted by atomic mass is 10.00. The smallest absolute Gasteiger partial charge is 0.207 e. The maximum atomic E-state index is 12.8. The molecule has 0 radical (unpaired) electrons. The number of nitrogens with zero attached hydrogens (tertiary/aromatic N) is 1. The Kier molecular flexibility index (Phi) is 3.13. The van der Waals surface area contributed by atoms with Crippen LogP contribution in [0.25, 0.3) is 0 Å². The lowest BCUT2D eigenvalue weighted by Crippen LogP contribution is -2.25. The fraction of sp³-hybridized carbons (Fsp3) is 0.333. The van der Waals surface area contributed by atoms with Crippen molar-refractivity contribution in [3.63, 3.8) is 0 Å². The zero-order chi connectivity index (χ0) is 15.3. The van der Waals surface area contributed by atoms with E-state index in [9.17, 15) is 8.42 Å². The molecular weight excluding hydrogens is 294 g/mol. The van der Waals surface area contributed by atoms with Crippen molar-refractivity contribution in [2.45, 2.75) is 44.2 Å². The van der Waals surface area contributed by atoms with E-state index in [1.807, 2.05) is 19.1 Å². The summed E-state index contributed by atoms with van der Waals surface area (Å²) in [6.45, 7) is 2.99. The number of hydrogen-bond acceptors (Lipinski definition) is 2. The highest BCUT2D eigenvalue weighted by Gasteiger charge is 2.33. The molecule has 0 saturated heterocycles. The third-order valence-corrected chi connectivity index (χ3v) is 6.64. The SMILES string of the molecule is Cc1ccc(S(=O)(=O)N2Cc3ccc4c(c3C2)CCC4)cc1. The Morgan fingerprint density at radius 3 is 2.36 bits per heavy atom. The molecule has 0 saturated carbocycles.